The van der Waals surface area contributed by atoms with Crippen LogP contribution in [0.15, 0.2) is 31.0 Å². The number of aryl methyl sites for hydroxylation is 2. The van der Waals surface area contributed by atoms with Gasteiger partial charge in [0.2, 0.25) is 10.0 Å². The molecule has 1 aliphatic rings. The zero-order valence-corrected chi connectivity index (χ0v) is 14.0. The molecule has 0 aliphatic carbocycles. The van der Waals surface area contributed by atoms with E-state index in [4.69, 9.17) is 0 Å². The average molecular weight is 335 g/mol. The van der Waals surface area contributed by atoms with Crippen molar-refractivity contribution in [2.45, 2.75) is 32.2 Å². The van der Waals surface area contributed by atoms with Crippen LogP contribution in [0.4, 0.5) is 0 Å². The number of aromatic nitrogens is 4. The van der Waals surface area contributed by atoms with Crippen LogP contribution < -0.4 is 0 Å². The summed E-state index contributed by atoms with van der Waals surface area (Å²) in [6.45, 7) is 3.45. The second-order valence-electron chi connectivity index (χ2n) is 5.85. The van der Waals surface area contributed by atoms with Crippen LogP contribution in [-0.4, -0.2) is 51.1 Å². The Hall–Kier alpha value is -1.80. The summed E-state index contributed by atoms with van der Waals surface area (Å²) in [4.78, 5) is 12.7. The number of imidazole rings is 1. The van der Waals surface area contributed by atoms with Crippen LogP contribution in [0.2, 0.25) is 0 Å². The van der Waals surface area contributed by atoms with Crippen molar-refractivity contribution in [3.63, 3.8) is 0 Å². The lowest BCUT2D eigenvalue weighted by Crippen LogP contribution is -2.40. The first kappa shape index (κ1) is 16.1. The lowest BCUT2D eigenvalue weighted by Gasteiger charge is -2.30. The summed E-state index contributed by atoms with van der Waals surface area (Å²) in [6.07, 6.45) is 8.38. The Bertz CT molecular complexity index is 737. The van der Waals surface area contributed by atoms with Gasteiger partial charge in [0.05, 0.1) is 12.1 Å². The van der Waals surface area contributed by atoms with Crippen molar-refractivity contribution in [3.8, 4) is 0 Å². The van der Waals surface area contributed by atoms with Crippen LogP contribution >= 0.6 is 0 Å². The summed E-state index contributed by atoms with van der Waals surface area (Å²) in [7, 11) is -3.23. The number of nitrogens with zero attached hydrogens (tertiary/aromatic N) is 5. The van der Waals surface area contributed by atoms with Gasteiger partial charge < -0.3 is 4.57 Å². The van der Waals surface area contributed by atoms with Gasteiger partial charge >= 0.3 is 0 Å². The Balaban J connectivity index is 1.57. The van der Waals surface area contributed by atoms with Gasteiger partial charge in [-0.2, -0.15) is 0 Å². The van der Waals surface area contributed by atoms with Crippen LogP contribution in [0.3, 0.4) is 0 Å². The van der Waals surface area contributed by atoms with Crippen LogP contribution in [0.1, 0.15) is 30.3 Å². The molecule has 0 unspecified atom stereocenters. The van der Waals surface area contributed by atoms with E-state index in [0.29, 0.717) is 19.6 Å². The Morgan fingerprint density at radius 1 is 1.26 bits per heavy atom. The number of hydrogen-bond donors (Lipinski definition) is 0. The Morgan fingerprint density at radius 3 is 2.70 bits per heavy atom. The highest BCUT2D eigenvalue weighted by Gasteiger charge is 2.29. The summed E-state index contributed by atoms with van der Waals surface area (Å²) in [5, 5.41) is 0. The van der Waals surface area contributed by atoms with Gasteiger partial charge in [-0.1, -0.05) is 0 Å². The first-order valence-electron chi connectivity index (χ1n) is 7.78. The van der Waals surface area contributed by atoms with Crippen molar-refractivity contribution < 1.29 is 8.42 Å². The maximum Gasteiger partial charge on any atom is 0.215 e. The van der Waals surface area contributed by atoms with Gasteiger partial charge in [0.1, 0.15) is 5.82 Å². The second-order valence-corrected chi connectivity index (χ2v) is 7.93. The largest absolute Gasteiger partial charge is 0.336 e. The lowest BCUT2D eigenvalue weighted by molar-refractivity contribution is 0.312. The van der Waals surface area contributed by atoms with E-state index in [-0.39, 0.29) is 11.7 Å². The summed E-state index contributed by atoms with van der Waals surface area (Å²) >= 11 is 0. The van der Waals surface area contributed by atoms with Gasteiger partial charge in [-0.25, -0.2) is 27.7 Å². The maximum absolute atomic E-state index is 12.4. The van der Waals surface area contributed by atoms with E-state index < -0.39 is 10.0 Å². The smallest absolute Gasteiger partial charge is 0.215 e. The molecular weight excluding hydrogens is 314 g/mol. The van der Waals surface area contributed by atoms with E-state index in [1.165, 1.54) is 0 Å². The van der Waals surface area contributed by atoms with Gasteiger partial charge in [-0.05, 0) is 25.8 Å². The number of sulfonamides is 1. The molecule has 7 nitrogen and oxygen atoms in total. The van der Waals surface area contributed by atoms with Crippen molar-refractivity contribution in [1.82, 2.24) is 23.8 Å². The molecule has 2 aromatic rings. The molecule has 0 radical (unpaired) electrons. The van der Waals surface area contributed by atoms with Crippen molar-refractivity contribution >= 4 is 10.0 Å². The first-order valence-corrected chi connectivity index (χ1v) is 9.38. The molecule has 0 atom stereocenters. The van der Waals surface area contributed by atoms with E-state index >= 15 is 0 Å². The monoisotopic (exact) mass is 335 g/mol. The summed E-state index contributed by atoms with van der Waals surface area (Å²) in [6, 6.07) is 1.87. The molecule has 3 heterocycles. The normalized spacial score (nSPS) is 17.4. The van der Waals surface area contributed by atoms with Gasteiger partial charge in [-0.3, -0.25) is 0 Å². The molecule has 0 bridgehead atoms. The van der Waals surface area contributed by atoms with Gasteiger partial charge in [0.25, 0.3) is 0 Å². The third kappa shape index (κ3) is 3.94. The molecular formula is C15H21N5O2S. The third-order valence-corrected chi connectivity index (χ3v) is 6.04. The highest BCUT2D eigenvalue weighted by Crippen LogP contribution is 2.26. The van der Waals surface area contributed by atoms with E-state index in [0.717, 1.165) is 24.4 Å². The van der Waals surface area contributed by atoms with E-state index in [1.54, 1.807) is 33.8 Å². The highest BCUT2D eigenvalue weighted by molar-refractivity contribution is 7.89. The average Bonchev–Trinajstić information content (AvgIpc) is 3.07. The third-order valence-electron chi connectivity index (χ3n) is 4.19. The first-order chi connectivity index (χ1) is 11.0. The van der Waals surface area contributed by atoms with Crippen LogP contribution in [0, 0.1) is 6.92 Å². The maximum atomic E-state index is 12.4. The second kappa shape index (κ2) is 6.76. The molecule has 1 saturated heterocycles. The predicted octanol–water partition coefficient (Wildman–Crippen LogP) is 1.19. The molecule has 0 aromatic carbocycles. The summed E-state index contributed by atoms with van der Waals surface area (Å²) < 4.78 is 28.3. The van der Waals surface area contributed by atoms with Crippen LogP contribution in [0.5, 0.6) is 0 Å². The SMILES string of the molecule is Cc1ccnc(C2CCN(S(=O)(=O)CCn3ccnc3)CC2)n1. The zero-order valence-electron chi connectivity index (χ0n) is 13.2. The number of hydrogen-bond acceptors (Lipinski definition) is 5. The molecule has 0 N–H and O–H groups in total. The van der Waals surface area contributed by atoms with Gasteiger partial charge in [0.15, 0.2) is 0 Å². The zero-order chi connectivity index (χ0) is 16.3. The minimum absolute atomic E-state index is 0.106. The van der Waals surface area contributed by atoms with Crippen LogP contribution in [0.25, 0.3) is 0 Å². The molecule has 0 spiro atoms. The Kier molecular flexibility index (Phi) is 4.72. The van der Waals surface area contributed by atoms with Crippen molar-refractivity contribution in [1.29, 1.82) is 0 Å². The molecule has 3 rings (SSSR count). The van der Waals surface area contributed by atoms with Crippen molar-refractivity contribution in [3.05, 3.63) is 42.5 Å². The molecule has 2 aromatic heterocycles. The molecule has 0 saturated carbocycles. The fourth-order valence-corrected chi connectivity index (χ4v) is 4.29. The topological polar surface area (TPSA) is 81.0 Å². The van der Waals surface area contributed by atoms with Gasteiger partial charge in [0, 0.05) is 49.8 Å². The van der Waals surface area contributed by atoms with Crippen LogP contribution in [-0.2, 0) is 16.6 Å². The Labute approximate surface area is 136 Å². The summed E-state index contributed by atoms with van der Waals surface area (Å²) in [5.41, 5.74) is 0.949. The number of piperidine rings is 1. The fourth-order valence-electron chi connectivity index (χ4n) is 2.83. The molecule has 8 heteroatoms. The minimum Gasteiger partial charge on any atom is -0.336 e. The molecule has 1 fully saturated rings. The molecule has 124 valence electrons. The minimum atomic E-state index is -3.23. The number of rotatable bonds is 5. The van der Waals surface area contributed by atoms with Gasteiger partial charge in [-0.15, -0.1) is 0 Å². The Morgan fingerprint density at radius 2 is 2.04 bits per heavy atom. The molecule has 23 heavy (non-hydrogen) atoms. The van der Waals surface area contributed by atoms with E-state index in [9.17, 15) is 8.42 Å². The fraction of sp³-hybridized carbons (Fsp3) is 0.533. The summed E-state index contributed by atoms with van der Waals surface area (Å²) in [5.74, 6) is 1.19. The quantitative estimate of drug-likeness (QED) is 0.820. The van der Waals surface area contributed by atoms with Crippen molar-refractivity contribution in [2.75, 3.05) is 18.8 Å². The van der Waals surface area contributed by atoms with E-state index in [1.807, 2.05) is 13.0 Å². The predicted molar refractivity (Wildman–Crippen MR) is 86.3 cm³/mol. The lowest BCUT2D eigenvalue weighted by atomic mass is 9.97. The van der Waals surface area contributed by atoms with E-state index in [2.05, 4.69) is 15.0 Å². The standard InChI is InChI=1S/C15H21N5O2S/c1-13-2-5-17-15(18-13)14-3-7-20(8-4-14)23(21,22)11-10-19-9-6-16-12-19/h2,5-6,9,12,14H,3-4,7-8,10-11H2,1H3. The van der Waals surface area contributed by atoms with Crippen molar-refractivity contribution in [2.24, 2.45) is 0 Å². The highest BCUT2D eigenvalue weighted by atomic mass is 32.2. The molecule has 1 aliphatic heterocycles. The molecule has 0 amide bonds.